The van der Waals surface area contributed by atoms with Gasteiger partial charge < -0.3 is 10.7 Å². The third-order valence-corrected chi connectivity index (χ3v) is 1.70. The van der Waals surface area contributed by atoms with Gasteiger partial charge in [0.15, 0.2) is 0 Å². The lowest BCUT2D eigenvalue weighted by atomic mass is 10.1. The molecule has 0 radical (unpaired) electrons. The summed E-state index contributed by atoms with van der Waals surface area (Å²) in [5.74, 6) is 0. The molecule has 0 amide bonds. The number of H-pyrrole nitrogens is 1. The van der Waals surface area contributed by atoms with Crippen molar-refractivity contribution in [3.05, 3.63) is 41.2 Å². The molecule has 0 aliphatic rings. The largest absolute Gasteiger partial charge is 0.353 e. The van der Waals surface area contributed by atoms with Crippen molar-refractivity contribution in [2.45, 2.75) is 6.04 Å². The second kappa shape index (κ2) is 3.46. The second-order valence-corrected chi connectivity index (χ2v) is 2.69. The van der Waals surface area contributed by atoms with Crippen molar-refractivity contribution in [1.82, 2.24) is 4.98 Å². The summed E-state index contributed by atoms with van der Waals surface area (Å²) >= 11 is 4.87. The molecule has 0 saturated heterocycles. The lowest BCUT2D eigenvalue weighted by Gasteiger charge is -2.04. The quantitative estimate of drug-likeness (QED) is 0.520. The normalized spacial score (nSPS) is 12.5. The van der Waals surface area contributed by atoms with Gasteiger partial charge in [-0.1, -0.05) is 24.4 Å². The second-order valence-electron chi connectivity index (χ2n) is 2.25. The smallest absolute Gasteiger partial charge is 0.103 e. The minimum Gasteiger partial charge on any atom is -0.353 e. The van der Waals surface area contributed by atoms with Crippen LogP contribution in [0.15, 0.2) is 31.0 Å². The van der Waals surface area contributed by atoms with Crippen LogP contribution in [0, 0.1) is 4.64 Å². The molecule has 1 aromatic rings. The SMILES string of the molecule is C=C[C@@H](N)c1ccc(=S)[nH]c1. The third kappa shape index (κ3) is 2.00. The summed E-state index contributed by atoms with van der Waals surface area (Å²) < 4.78 is 0.713. The third-order valence-electron chi connectivity index (χ3n) is 1.45. The van der Waals surface area contributed by atoms with Crippen LogP contribution >= 0.6 is 12.2 Å². The highest BCUT2D eigenvalue weighted by molar-refractivity contribution is 7.71. The zero-order valence-electron chi connectivity index (χ0n) is 6.08. The molecule has 0 unspecified atom stereocenters. The maximum atomic E-state index is 5.67. The Labute approximate surface area is 70.8 Å². The highest BCUT2D eigenvalue weighted by Crippen LogP contribution is 2.07. The molecule has 3 heteroatoms. The van der Waals surface area contributed by atoms with E-state index in [0.717, 1.165) is 5.56 Å². The average Bonchev–Trinajstić information content (AvgIpc) is 2.05. The molecule has 2 nitrogen and oxygen atoms in total. The van der Waals surface area contributed by atoms with Crippen LogP contribution < -0.4 is 5.73 Å². The Hall–Kier alpha value is -0.930. The van der Waals surface area contributed by atoms with Gasteiger partial charge >= 0.3 is 0 Å². The van der Waals surface area contributed by atoms with E-state index in [9.17, 15) is 0 Å². The van der Waals surface area contributed by atoms with Gasteiger partial charge in [0.25, 0.3) is 0 Å². The average molecular weight is 166 g/mol. The number of nitrogens with two attached hydrogens (primary N) is 1. The fourth-order valence-corrected chi connectivity index (χ4v) is 0.893. The van der Waals surface area contributed by atoms with Crippen molar-refractivity contribution in [2.24, 2.45) is 5.73 Å². The fraction of sp³-hybridized carbons (Fsp3) is 0.125. The number of hydrogen-bond acceptors (Lipinski definition) is 2. The molecule has 0 aliphatic carbocycles. The van der Waals surface area contributed by atoms with Crippen LogP contribution in [0.5, 0.6) is 0 Å². The lowest BCUT2D eigenvalue weighted by Crippen LogP contribution is -2.06. The maximum absolute atomic E-state index is 5.67. The molecule has 0 aliphatic heterocycles. The summed E-state index contributed by atoms with van der Waals surface area (Å²) in [5, 5.41) is 0. The van der Waals surface area contributed by atoms with E-state index in [0.29, 0.717) is 4.64 Å². The van der Waals surface area contributed by atoms with Gasteiger partial charge in [0.05, 0.1) is 0 Å². The van der Waals surface area contributed by atoms with E-state index < -0.39 is 0 Å². The predicted molar refractivity (Wildman–Crippen MR) is 48.8 cm³/mol. The van der Waals surface area contributed by atoms with Crippen molar-refractivity contribution >= 4 is 12.2 Å². The molecule has 1 rings (SSSR count). The Morgan fingerprint density at radius 2 is 2.36 bits per heavy atom. The number of rotatable bonds is 2. The highest BCUT2D eigenvalue weighted by Gasteiger charge is 1.97. The maximum Gasteiger partial charge on any atom is 0.103 e. The molecule has 11 heavy (non-hydrogen) atoms. The molecule has 1 heterocycles. The fourth-order valence-electron chi connectivity index (χ4n) is 0.766. The zero-order chi connectivity index (χ0) is 8.27. The van der Waals surface area contributed by atoms with Gasteiger partial charge in [-0.25, -0.2) is 0 Å². The van der Waals surface area contributed by atoms with E-state index in [4.69, 9.17) is 18.0 Å². The first-order chi connectivity index (χ1) is 5.24. The topological polar surface area (TPSA) is 41.8 Å². The van der Waals surface area contributed by atoms with E-state index in [-0.39, 0.29) is 6.04 Å². The number of aromatic amines is 1. The first-order valence-electron chi connectivity index (χ1n) is 3.31. The standard InChI is InChI=1S/C8H10N2S/c1-2-7(9)6-3-4-8(11)10-5-6/h2-5,7H,1,9H2,(H,10,11)/t7-/m1/s1. The van der Waals surface area contributed by atoms with Crippen LogP contribution in [-0.4, -0.2) is 4.98 Å². The Balaban J connectivity index is 2.98. The number of nitrogens with one attached hydrogen (secondary N) is 1. The van der Waals surface area contributed by atoms with Crippen molar-refractivity contribution in [3.8, 4) is 0 Å². The van der Waals surface area contributed by atoms with Crippen molar-refractivity contribution in [3.63, 3.8) is 0 Å². The van der Waals surface area contributed by atoms with Gasteiger partial charge in [-0.15, -0.1) is 6.58 Å². The predicted octanol–water partition coefficient (Wildman–Crippen LogP) is 1.93. The van der Waals surface area contributed by atoms with Crippen LogP contribution in [0.2, 0.25) is 0 Å². The van der Waals surface area contributed by atoms with E-state index >= 15 is 0 Å². The Morgan fingerprint density at radius 1 is 1.64 bits per heavy atom. The molecular weight excluding hydrogens is 156 g/mol. The molecule has 58 valence electrons. The summed E-state index contributed by atoms with van der Waals surface area (Å²) in [5.41, 5.74) is 6.67. The van der Waals surface area contributed by atoms with Gasteiger partial charge in [-0.2, -0.15) is 0 Å². The van der Waals surface area contributed by atoms with Gasteiger partial charge in [-0.05, 0) is 11.6 Å². The van der Waals surface area contributed by atoms with E-state index in [2.05, 4.69) is 11.6 Å². The molecule has 0 fully saturated rings. The van der Waals surface area contributed by atoms with Crippen LogP contribution in [-0.2, 0) is 0 Å². The summed E-state index contributed by atoms with van der Waals surface area (Å²) in [4.78, 5) is 2.90. The zero-order valence-corrected chi connectivity index (χ0v) is 6.90. The minimum atomic E-state index is -0.109. The Bertz CT molecular complexity index is 283. The number of pyridine rings is 1. The highest BCUT2D eigenvalue weighted by atomic mass is 32.1. The molecule has 1 aromatic heterocycles. The molecule has 0 spiro atoms. The Morgan fingerprint density at radius 3 is 2.82 bits per heavy atom. The van der Waals surface area contributed by atoms with Gasteiger partial charge in [0, 0.05) is 12.2 Å². The van der Waals surface area contributed by atoms with Crippen LogP contribution in [0.4, 0.5) is 0 Å². The molecule has 0 aromatic carbocycles. The van der Waals surface area contributed by atoms with E-state index in [1.165, 1.54) is 0 Å². The molecule has 0 saturated carbocycles. The summed E-state index contributed by atoms with van der Waals surface area (Å²) in [7, 11) is 0. The van der Waals surface area contributed by atoms with Crippen molar-refractivity contribution in [2.75, 3.05) is 0 Å². The van der Waals surface area contributed by atoms with Crippen LogP contribution in [0.25, 0.3) is 0 Å². The lowest BCUT2D eigenvalue weighted by molar-refractivity contribution is 0.903. The van der Waals surface area contributed by atoms with Gasteiger partial charge in [0.1, 0.15) is 4.64 Å². The summed E-state index contributed by atoms with van der Waals surface area (Å²) in [6.07, 6.45) is 3.49. The van der Waals surface area contributed by atoms with Gasteiger partial charge in [0.2, 0.25) is 0 Å². The summed E-state index contributed by atoms with van der Waals surface area (Å²) in [6, 6.07) is 3.60. The van der Waals surface area contributed by atoms with Crippen molar-refractivity contribution in [1.29, 1.82) is 0 Å². The summed E-state index contributed by atoms with van der Waals surface area (Å²) in [6.45, 7) is 3.59. The monoisotopic (exact) mass is 166 g/mol. The molecular formula is C8H10N2S. The molecule has 1 atom stereocenters. The first kappa shape index (κ1) is 8.17. The first-order valence-corrected chi connectivity index (χ1v) is 3.71. The number of aromatic nitrogens is 1. The van der Waals surface area contributed by atoms with Gasteiger partial charge in [-0.3, -0.25) is 0 Å². The Kier molecular flexibility index (Phi) is 2.57. The van der Waals surface area contributed by atoms with Crippen LogP contribution in [0.1, 0.15) is 11.6 Å². The molecule has 0 bridgehead atoms. The van der Waals surface area contributed by atoms with E-state index in [1.54, 1.807) is 12.3 Å². The molecule has 3 N–H and O–H groups in total. The van der Waals surface area contributed by atoms with Crippen LogP contribution in [0.3, 0.4) is 0 Å². The van der Waals surface area contributed by atoms with E-state index in [1.807, 2.05) is 12.1 Å². The van der Waals surface area contributed by atoms with Crippen molar-refractivity contribution < 1.29 is 0 Å². The number of hydrogen-bond donors (Lipinski definition) is 2. The minimum absolute atomic E-state index is 0.109.